The molecule has 2 unspecified atom stereocenters. The molecular formula is C24H29FN4O4. The van der Waals surface area contributed by atoms with Gasteiger partial charge in [-0.3, -0.25) is 14.3 Å². The van der Waals surface area contributed by atoms with Crippen LogP contribution in [0.5, 0.6) is 0 Å². The zero-order valence-corrected chi connectivity index (χ0v) is 18.9. The Morgan fingerprint density at radius 1 is 1.12 bits per heavy atom. The Kier molecular flexibility index (Phi) is 7.45. The number of rotatable bonds is 8. The van der Waals surface area contributed by atoms with Gasteiger partial charge in [-0.05, 0) is 29.2 Å². The second kappa shape index (κ2) is 10.1. The molecule has 0 bridgehead atoms. The van der Waals surface area contributed by atoms with Gasteiger partial charge in [0.05, 0.1) is 24.8 Å². The highest BCUT2D eigenvalue weighted by Crippen LogP contribution is 2.23. The first kappa shape index (κ1) is 24.3. The van der Waals surface area contributed by atoms with Crippen molar-refractivity contribution in [2.75, 3.05) is 13.2 Å². The number of aromatic nitrogens is 2. The minimum atomic E-state index is -1.09. The third-order valence-electron chi connectivity index (χ3n) is 5.24. The van der Waals surface area contributed by atoms with Crippen LogP contribution in [0.2, 0.25) is 0 Å². The first-order chi connectivity index (χ1) is 15.6. The van der Waals surface area contributed by atoms with Gasteiger partial charge in [0.25, 0.3) is 5.91 Å². The number of hydrogen-bond donors (Lipinski definition) is 4. The second-order valence-electron chi connectivity index (χ2n) is 9.00. The van der Waals surface area contributed by atoms with Gasteiger partial charge in [0.1, 0.15) is 11.9 Å². The highest BCUT2D eigenvalue weighted by Gasteiger charge is 2.34. The van der Waals surface area contributed by atoms with Gasteiger partial charge in [0.15, 0.2) is 5.69 Å². The van der Waals surface area contributed by atoms with E-state index in [2.05, 4.69) is 15.7 Å². The van der Waals surface area contributed by atoms with E-state index in [1.165, 1.54) is 12.1 Å². The Morgan fingerprint density at radius 3 is 2.42 bits per heavy atom. The van der Waals surface area contributed by atoms with Gasteiger partial charge in [-0.15, -0.1) is 0 Å². The number of aliphatic hydroxyl groups is 2. The molecule has 0 spiro atoms. The molecule has 0 fully saturated rings. The van der Waals surface area contributed by atoms with E-state index in [1.807, 2.05) is 32.9 Å². The zero-order chi connectivity index (χ0) is 24.2. The predicted octanol–water partition coefficient (Wildman–Crippen LogP) is 1.84. The number of aliphatic hydroxyl groups excluding tert-OH is 2. The standard InChI is InChI=1S/C24H29FN4O4/c1-24(2,3)21(23(33)26-12-17(31)14-30)27-22(32)20-18-6-4-5-7-19(18)29(28-20)13-15-8-10-16(25)11-9-15/h4-11,17,21,30-31H,12-14H2,1-3H3,(H,26,33)(H,27,32). The van der Waals surface area contributed by atoms with Crippen LogP contribution in [0.3, 0.4) is 0 Å². The van der Waals surface area contributed by atoms with Gasteiger partial charge >= 0.3 is 0 Å². The van der Waals surface area contributed by atoms with Crippen molar-refractivity contribution >= 4 is 22.7 Å². The van der Waals surface area contributed by atoms with Gasteiger partial charge in [-0.25, -0.2) is 4.39 Å². The Labute approximate surface area is 191 Å². The van der Waals surface area contributed by atoms with Crippen molar-refractivity contribution in [1.82, 2.24) is 20.4 Å². The molecule has 33 heavy (non-hydrogen) atoms. The van der Waals surface area contributed by atoms with Crippen molar-refractivity contribution in [3.63, 3.8) is 0 Å². The smallest absolute Gasteiger partial charge is 0.273 e. The summed E-state index contributed by atoms with van der Waals surface area (Å²) in [6.07, 6.45) is -1.09. The van der Waals surface area contributed by atoms with E-state index < -0.39 is 36.0 Å². The second-order valence-corrected chi connectivity index (χ2v) is 9.00. The lowest BCUT2D eigenvalue weighted by molar-refractivity contribution is -0.125. The third kappa shape index (κ3) is 5.94. The van der Waals surface area contributed by atoms with Crippen molar-refractivity contribution in [2.24, 2.45) is 5.41 Å². The molecule has 0 saturated carbocycles. The summed E-state index contributed by atoms with van der Waals surface area (Å²) in [6, 6.07) is 12.4. The predicted molar refractivity (Wildman–Crippen MR) is 122 cm³/mol. The minimum Gasteiger partial charge on any atom is -0.394 e. The van der Waals surface area contributed by atoms with E-state index in [0.717, 1.165) is 11.1 Å². The number of halogens is 1. The first-order valence-corrected chi connectivity index (χ1v) is 10.7. The lowest BCUT2D eigenvalue weighted by Gasteiger charge is -2.30. The molecule has 176 valence electrons. The van der Waals surface area contributed by atoms with Crippen LogP contribution in [0.1, 0.15) is 36.8 Å². The summed E-state index contributed by atoms with van der Waals surface area (Å²) in [4.78, 5) is 26.0. The largest absolute Gasteiger partial charge is 0.394 e. The van der Waals surface area contributed by atoms with E-state index in [0.29, 0.717) is 11.9 Å². The number of benzene rings is 2. The van der Waals surface area contributed by atoms with Crippen molar-refractivity contribution < 1.29 is 24.2 Å². The average Bonchev–Trinajstić information content (AvgIpc) is 3.14. The van der Waals surface area contributed by atoms with Gasteiger partial charge in [-0.1, -0.05) is 51.1 Å². The maximum Gasteiger partial charge on any atom is 0.273 e. The van der Waals surface area contributed by atoms with Crippen LogP contribution in [0.25, 0.3) is 10.9 Å². The number of fused-ring (bicyclic) bond motifs is 1. The molecule has 0 saturated heterocycles. The molecule has 2 atom stereocenters. The molecular weight excluding hydrogens is 427 g/mol. The highest BCUT2D eigenvalue weighted by molar-refractivity contribution is 6.06. The fourth-order valence-corrected chi connectivity index (χ4v) is 3.44. The lowest BCUT2D eigenvalue weighted by Crippen LogP contribution is -2.54. The van der Waals surface area contributed by atoms with Crippen LogP contribution in [0.4, 0.5) is 4.39 Å². The maximum atomic E-state index is 13.3. The van der Waals surface area contributed by atoms with E-state index in [9.17, 15) is 19.1 Å². The van der Waals surface area contributed by atoms with Crippen LogP contribution in [-0.2, 0) is 11.3 Å². The van der Waals surface area contributed by atoms with E-state index in [-0.39, 0.29) is 18.1 Å². The Morgan fingerprint density at radius 2 is 1.79 bits per heavy atom. The van der Waals surface area contributed by atoms with Crippen molar-refractivity contribution in [2.45, 2.75) is 39.5 Å². The summed E-state index contributed by atoms with van der Waals surface area (Å²) in [5, 5.41) is 28.9. The Bertz CT molecular complexity index is 1120. The van der Waals surface area contributed by atoms with Gasteiger partial charge in [0.2, 0.25) is 5.91 Å². The van der Waals surface area contributed by atoms with E-state index in [1.54, 1.807) is 28.9 Å². The van der Waals surface area contributed by atoms with Crippen LogP contribution in [0, 0.1) is 11.2 Å². The van der Waals surface area contributed by atoms with Crippen molar-refractivity contribution in [3.8, 4) is 0 Å². The number of carbonyl (C=O) groups excluding carboxylic acids is 2. The van der Waals surface area contributed by atoms with Gasteiger partial charge in [-0.2, -0.15) is 5.10 Å². The molecule has 8 nitrogen and oxygen atoms in total. The maximum absolute atomic E-state index is 13.3. The molecule has 1 heterocycles. The van der Waals surface area contributed by atoms with Crippen molar-refractivity contribution in [3.05, 3.63) is 65.6 Å². The fraction of sp³-hybridized carbons (Fsp3) is 0.375. The molecule has 2 amide bonds. The van der Waals surface area contributed by atoms with Crippen LogP contribution in [-0.4, -0.2) is 57.1 Å². The first-order valence-electron chi connectivity index (χ1n) is 10.7. The van der Waals surface area contributed by atoms with Gasteiger partial charge < -0.3 is 20.8 Å². The molecule has 0 aliphatic rings. The molecule has 0 aliphatic heterocycles. The number of hydrogen-bond acceptors (Lipinski definition) is 5. The summed E-state index contributed by atoms with van der Waals surface area (Å²) in [5.74, 6) is -1.32. The highest BCUT2D eigenvalue weighted by atomic mass is 19.1. The third-order valence-corrected chi connectivity index (χ3v) is 5.24. The molecule has 3 rings (SSSR count). The topological polar surface area (TPSA) is 116 Å². The monoisotopic (exact) mass is 456 g/mol. The van der Waals surface area contributed by atoms with Crippen LogP contribution in [0.15, 0.2) is 48.5 Å². The molecule has 0 radical (unpaired) electrons. The molecule has 4 N–H and O–H groups in total. The minimum absolute atomic E-state index is 0.132. The normalized spacial score (nSPS) is 13.5. The number of amides is 2. The fourth-order valence-electron chi connectivity index (χ4n) is 3.44. The molecule has 9 heteroatoms. The van der Waals surface area contributed by atoms with E-state index in [4.69, 9.17) is 5.11 Å². The van der Waals surface area contributed by atoms with Crippen LogP contribution < -0.4 is 10.6 Å². The summed E-state index contributed by atoms with van der Waals surface area (Å²) in [5.41, 5.74) is 1.10. The quantitative estimate of drug-likeness (QED) is 0.413. The molecule has 3 aromatic rings. The summed E-state index contributed by atoms with van der Waals surface area (Å²) >= 11 is 0. The Balaban J connectivity index is 1.87. The summed E-state index contributed by atoms with van der Waals surface area (Å²) in [6.45, 7) is 5.16. The lowest BCUT2D eigenvalue weighted by atomic mass is 9.86. The van der Waals surface area contributed by atoms with Crippen molar-refractivity contribution in [1.29, 1.82) is 0 Å². The average molecular weight is 457 g/mol. The molecule has 2 aromatic carbocycles. The summed E-state index contributed by atoms with van der Waals surface area (Å²) < 4.78 is 14.9. The van der Waals surface area contributed by atoms with Crippen LogP contribution >= 0.6 is 0 Å². The number of carbonyl (C=O) groups is 2. The number of para-hydroxylation sites is 1. The zero-order valence-electron chi connectivity index (χ0n) is 18.9. The number of nitrogens with one attached hydrogen (secondary N) is 2. The van der Waals surface area contributed by atoms with Gasteiger partial charge in [0, 0.05) is 11.9 Å². The molecule has 0 aliphatic carbocycles. The summed E-state index contributed by atoms with van der Waals surface area (Å²) in [7, 11) is 0. The van der Waals surface area contributed by atoms with E-state index >= 15 is 0 Å². The SMILES string of the molecule is CC(C)(C)C(NC(=O)c1nn(Cc2ccc(F)cc2)c2ccccc12)C(=O)NCC(O)CO. The Hall–Kier alpha value is -3.30. The number of nitrogens with zero attached hydrogens (tertiary/aromatic N) is 2. The molecule has 1 aromatic heterocycles.